The summed E-state index contributed by atoms with van der Waals surface area (Å²) in [5.74, 6) is 0.567. The summed E-state index contributed by atoms with van der Waals surface area (Å²) in [6.45, 7) is 3.13. The highest BCUT2D eigenvalue weighted by atomic mass is 16.5. The Hall–Kier alpha value is -2.90. The van der Waals surface area contributed by atoms with Crippen molar-refractivity contribution in [1.29, 1.82) is 0 Å². The van der Waals surface area contributed by atoms with Gasteiger partial charge < -0.3 is 24.6 Å². The van der Waals surface area contributed by atoms with E-state index in [4.69, 9.17) is 9.26 Å². The zero-order valence-corrected chi connectivity index (χ0v) is 14.7. The molecule has 1 saturated heterocycles. The van der Waals surface area contributed by atoms with E-state index >= 15 is 0 Å². The van der Waals surface area contributed by atoms with Gasteiger partial charge in [-0.1, -0.05) is 29.4 Å². The van der Waals surface area contributed by atoms with Gasteiger partial charge in [0, 0.05) is 36.4 Å². The van der Waals surface area contributed by atoms with E-state index in [0.29, 0.717) is 47.8 Å². The Balaban J connectivity index is 1.79. The lowest BCUT2D eigenvalue weighted by Crippen LogP contribution is -2.36. The fraction of sp³-hybridized carbons (Fsp3) is 0.300. The number of benzene rings is 2. The molecule has 0 atom stereocenters. The Morgan fingerprint density at radius 2 is 1.96 bits per heavy atom. The summed E-state index contributed by atoms with van der Waals surface area (Å²) < 4.78 is 11.2. The molecule has 0 saturated carbocycles. The maximum absolute atomic E-state index is 13.3. The molecule has 1 fully saturated rings. The monoisotopic (exact) mass is 365 g/mol. The number of nitrogens with zero attached hydrogens (tertiary/aromatic N) is 2. The first-order valence-electron chi connectivity index (χ1n) is 9.07. The van der Waals surface area contributed by atoms with Crippen molar-refractivity contribution in [3.8, 4) is 11.3 Å². The van der Waals surface area contributed by atoms with Crippen molar-refractivity contribution >= 4 is 28.1 Å². The van der Waals surface area contributed by atoms with Gasteiger partial charge in [0.15, 0.2) is 11.5 Å². The second-order valence-corrected chi connectivity index (χ2v) is 6.68. The number of rotatable bonds is 4. The van der Waals surface area contributed by atoms with Gasteiger partial charge in [0.1, 0.15) is 5.52 Å². The van der Waals surface area contributed by atoms with Crippen molar-refractivity contribution in [1.82, 2.24) is 5.16 Å². The quantitative estimate of drug-likeness (QED) is 0.574. The summed E-state index contributed by atoms with van der Waals surface area (Å²) >= 11 is 0. The lowest BCUT2D eigenvalue weighted by molar-refractivity contribution is 0.104. The summed E-state index contributed by atoms with van der Waals surface area (Å²) in [6, 6.07) is 9.37. The molecule has 0 amide bonds. The van der Waals surface area contributed by atoms with Gasteiger partial charge in [0.05, 0.1) is 36.5 Å². The number of hydrogen-bond donors (Lipinski definition) is 2. The number of fused-ring (bicyclic) bond motifs is 2. The molecule has 2 aromatic carbocycles. The van der Waals surface area contributed by atoms with Crippen LogP contribution >= 0.6 is 0 Å². The minimum absolute atomic E-state index is 0.0222. The molecule has 1 aliphatic carbocycles. The Bertz CT molecular complexity index is 1040. The van der Waals surface area contributed by atoms with Crippen molar-refractivity contribution in [2.45, 2.75) is 0 Å². The van der Waals surface area contributed by atoms with Crippen molar-refractivity contribution in [2.24, 2.45) is 0 Å². The third kappa shape index (κ3) is 2.43. The average molecular weight is 365 g/mol. The summed E-state index contributed by atoms with van der Waals surface area (Å²) in [7, 11) is 0. The number of aliphatic hydroxyl groups excluding tert-OH is 1. The smallest absolute Gasteiger partial charge is 0.196 e. The van der Waals surface area contributed by atoms with Gasteiger partial charge in [0.25, 0.3) is 0 Å². The van der Waals surface area contributed by atoms with E-state index in [2.05, 4.69) is 15.4 Å². The van der Waals surface area contributed by atoms with Crippen molar-refractivity contribution in [3.63, 3.8) is 0 Å². The molecule has 138 valence electrons. The molecule has 2 aliphatic rings. The molecule has 7 nitrogen and oxygen atoms in total. The molecule has 0 unspecified atom stereocenters. The van der Waals surface area contributed by atoms with Crippen LogP contribution in [0.15, 0.2) is 34.9 Å². The fourth-order valence-corrected chi connectivity index (χ4v) is 3.92. The third-order valence-electron chi connectivity index (χ3n) is 5.16. The van der Waals surface area contributed by atoms with E-state index < -0.39 is 0 Å². The largest absolute Gasteiger partial charge is 0.395 e. The number of carbonyl (C=O) groups is 1. The Morgan fingerprint density at radius 3 is 2.74 bits per heavy atom. The van der Waals surface area contributed by atoms with Crippen LogP contribution in [-0.4, -0.2) is 55.5 Å². The molecular formula is C20H19N3O4. The van der Waals surface area contributed by atoms with Gasteiger partial charge in [-0.25, -0.2) is 0 Å². The van der Waals surface area contributed by atoms with Crippen molar-refractivity contribution < 1.29 is 19.2 Å². The predicted octanol–water partition coefficient (Wildman–Crippen LogP) is 2.28. The summed E-state index contributed by atoms with van der Waals surface area (Å²) in [4.78, 5) is 15.5. The van der Waals surface area contributed by atoms with Crippen LogP contribution in [0.5, 0.6) is 0 Å². The van der Waals surface area contributed by atoms with Crippen LogP contribution in [0, 0.1) is 0 Å². The number of anilines is 2. The lowest BCUT2D eigenvalue weighted by Gasteiger charge is -2.30. The van der Waals surface area contributed by atoms with E-state index in [1.807, 2.05) is 24.3 Å². The van der Waals surface area contributed by atoms with E-state index in [0.717, 1.165) is 29.7 Å². The Kier molecular flexibility index (Phi) is 3.84. The van der Waals surface area contributed by atoms with Crippen LogP contribution in [0.3, 0.4) is 0 Å². The summed E-state index contributed by atoms with van der Waals surface area (Å²) in [6.07, 6.45) is 0. The second-order valence-electron chi connectivity index (χ2n) is 6.68. The van der Waals surface area contributed by atoms with Crippen molar-refractivity contribution in [3.05, 3.63) is 41.5 Å². The van der Waals surface area contributed by atoms with Gasteiger partial charge in [-0.15, -0.1) is 0 Å². The molecule has 1 aliphatic heterocycles. The van der Waals surface area contributed by atoms with E-state index in [9.17, 15) is 9.90 Å². The van der Waals surface area contributed by atoms with E-state index in [-0.39, 0.29) is 12.4 Å². The van der Waals surface area contributed by atoms with Crippen LogP contribution in [-0.2, 0) is 4.74 Å². The average Bonchev–Trinajstić information content (AvgIpc) is 3.16. The molecule has 1 aromatic heterocycles. The number of morpholine rings is 1. The van der Waals surface area contributed by atoms with Crippen LogP contribution in [0.1, 0.15) is 15.9 Å². The number of carbonyl (C=O) groups excluding carboxylic acids is 1. The van der Waals surface area contributed by atoms with E-state index in [1.54, 1.807) is 6.07 Å². The number of ether oxygens (including phenoxy) is 1. The number of aromatic nitrogens is 1. The van der Waals surface area contributed by atoms with E-state index in [1.165, 1.54) is 0 Å². The number of nitrogens with one attached hydrogen (secondary N) is 1. The second kappa shape index (κ2) is 6.37. The zero-order valence-electron chi connectivity index (χ0n) is 14.7. The highest BCUT2D eigenvalue weighted by Gasteiger charge is 2.33. The standard InChI is InChI=1S/C20H19N3O4/c24-8-5-21-14-11-15(23-6-9-26-10-7-23)18-17-16(14)19(25)12-3-1-2-4-13(12)20(17)27-22-18/h1-4,11,21,24H,5-10H2. The van der Waals surface area contributed by atoms with Crippen LogP contribution in [0.25, 0.3) is 22.2 Å². The van der Waals surface area contributed by atoms with Gasteiger partial charge in [-0.2, -0.15) is 0 Å². The highest BCUT2D eigenvalue weighted by molar-refractivity contribution is 6.28. The Morgan fingerprint density at radius 1 is 1.19 bits per heavy atom. The maximum Gasteiger partial charge on any atom is 0.196 e. The molecule has 0 spiro atoms. The fourth-order valence-electron chi connectivity index (χ4n) is 3.92. The first-order chi connectivity index (χ1) is 13.3. The van der Waals surface area contributed by atoms with Gasteiger partial charge in [-0.3, -0.25) is 4.79 Å². The minimum Gasteiger partial charge on any atom is -0.395 e. The van der Waals surface area contributed by atoms with Crippen molar-refractivity contribution in [2.75, 3.05) is 49.7 Å². The normalized spacial score (nSPS) is 15.9. The summed E-state index contributed by atoms with van der Waals surface area (Å²) in [5.41, 5.74) is 4.24. The molecule has 2 heterocycles. The number of hydrogen-bond acceptors (Lipinski definition) is 7. The molecule has 27 heavy (non-hydrogen) atoms. The molecular weight excluding hydrogens is 346 g/mol. The molecule has 0 radical (unpaired) electrons. The van der Waals surface area contributed by atoms with Crippen LogP contribution < -0.4 is 10.2 Å². The SMILES string of the molecule is O=C1c2ccccc2-c2onc3c(N4CCOCC4)cc(NCCO)c1c23. The first kappa shape index (κ1) is 16.3. The van der Waals surface area contributed by atoms with Gasteiger partial charge >= 0.3 is 0 Å². The number of ketones is 1. The van der Waals surface area contributed by atoms with Gasteiger partial charge in [-0.05, 0) is 6.07 Å². The highest BCUT2D eigenvalue weighted by Crippen LogP contribution is 2.45. The zero-order chi connectivity index (χ0) is 18.4. The topological polar surface area (TPSA) is 87.8 Å². The summed E-state index contributed by atoms with van der Waals surface area (Å²) in [5, 5.41) is 17.5. The number of aliphatic hydroxyl groups is 1. The third-order valence-corrected chi connectivity index (χ3v) is 5.16. The first-order valence-corrected chi connectivity index (χ1v) is 9.07. The molecule has 5 rings (SSSR count). The molecule has 0 bridgehead atoms. The Labute approximate surface area is 155 Å². The van der Waals surface area contributed by atoms with Gasteiger partial charge in [0.2, 0.25) is 0 Å². The molecule has 3 aromatic rings. The predicted molar refractivity (Wildman–Crippen MR) is 101 cm³/mol. The lowest BCUT2D eigenvalue weighted by atomic mass is 9.86. The molecule has 2 N–H and O–H groups in total. The maximum atomic E-state index is 13.3. The van der Waals surface area contributed by atoms with Crippen LogP contribution in [0.4, 0.5) is 11.4 Å². The van der Waals surface area contributed by atoms with Crippen LogP contribution in [0.2, 0.25) is 0 Å². The minimum atomic E-state index is -0.0553. The molecule has 7 heteroatoms.